The van der Waals surface area contributed by atoms with Crippen molar-refractivity contribution in [2.24, 2.45) is 0 Å². The number of rotatable bonds is 4. The second-order valence-electron chi connectivity index (χ2n) is 7.14. The Bertz CT molecular complexity index is 1430. The summed E-state index contributed by atoms with van der Waals surface area (Å²) in [4.78, 5) is 15.6. The fourth-order valence-corrected chi connectivity index (χ4v) is 4.14. The molecule has 0 unspecified atom stereocenters. The van der Waals surface area contributed by atoms with Crippen LogP contribution in [0.3, 0.4) is 0 Å². The van der Waals surface area contributed by atoms with E-state index in [1.807, 2.05) is 60.8 Å². The van der Waals surface area contributed by atoms with E-state index in [-0.39, 0.29) is 10.6 Å². The summed E-state index contributed by atoms with van der Waals surface area (Å²) in [6.45, 7) is 0. The number of hydrogen-bond donors (Lipinski definition) is 0. The third-order valence-corrected chi connectivity index (χ3v) is 5.73. The summed E-state index contributed by atoms with van der Waals surface area (Å²) in [6.07, 6.45) is 3.80. The first kappa shape index (κ1) is 19.2. The van der Waals surface area contributed by atoms with E-state index in [1.165, 1.54) is 6.07 Å². The molecule has 150 valence electrons. The average molecular weight is 470 g/mol. The highest BCUT2D eigenvalue weighted by Crippen LogP contribution is 2.35. The van der Waals surface area contributed by atoms with Crippen LogP contribution in [0.15, 0.2) is 102 Å². The van der Waals surface area contributed by atoms with Crippen molar-refractivity contribution in [2.45, 2.75) is 0 Å². The summed E-state index contributed by atoms with van der Waals surface area (Å²) in [5, 5.41) is 12.5. The number of hydrogen-bond acceptors (Lipinski definition) is 3. The zero-order valence-electron chi connectivity index (χ0n) is 16.3. The maximum Gasteiger partial charge on any atom is 0.277 e. The van der Waals surface area contributed by atoms with E-state index in [1.54, 1.807) is 18.3 Å². The van der Waals surface area contributed by atoms with Crippen molar-refractivity contribution in [3.05, 3.63) is 112 Å². The minimum atomic E-state index is -0.347. The van der Waals surface area contributed by atoms with Crippen molar-refractivity contribution in [3.8, 4) is 28.1 Å². The van der Waals surface area contributed by atoms with Gasteiger partial charge in [0, 0.05) is 39.6 Å². The topological polar surface area (TPSA) is 61.0 Å². The Morgan fingerprint density at radius 3 is 2.58 bits per heavy atom. The molecule has 0 aliphatic carbocycles. The van der Waals surface area contributed by atoms with Gasteiger partial charge in [-0.25, -0.2) is 0 Å². The highest BCUT2D eigenvalue weighted by molar-refractivity contribution is 9.10. The smallest absolute Gasteiger partial charge is 0.277 e. The van der Waals surface area contributed by atoms with Gasteiger partial charge in [-0.1, -0.05) is 40.2 Å². The molecule has 0 aliphatic rings. The molecule has 2 heterocycles. The normalized spacial score (nSPS) is 11.0. The van der Waals surface area contributed by atoms with Crippen LogP contribution in [0.2, 0.25) is 0 Å². The molecule has 0 bridgehead atoms. The Morgan fingerprint density at radius 1 is 0.871 bits per heavy atom. The van der Waals surface area contributed by atoms with E-state index in [0.717, 1.165) is 37.9 Å². The van der Waals surface area contributed by atoms with Crippen molar-refractivity contribution >= 4 is 32.5 Å². The predicted molar refractivity (Wildman–Crippen MR) is 126 cm³/mol. The van der Waals surface area contributed by atoms with Crippen molar-refractivity contribution in [2.75, 3.05) is 0 Å². The zero-order valence-corrected chi connectivity index (χ0v) is 17.9. The lowest BCUT2D eigenvalue weighted by atomic mass is 10.0. The number of halogens is 1. The van der Waals surface area contributed by atoms with Crippen LogP contribution in [0.25, 0.3) is 39.0 Å². The van der Waals surface area contributed by atoms with Crippen LogP contribution >= 0.6 is 15.9 Å². The first-order valence-corrected chi connectivity index (χ1v) is 10.5. The van der Waals surface area contributed by atoms with Crippen LogP contribution in [0.5, 0.6) is 0 Å². The maximum absolute atomic E-state index is 11.5. The fourth-order valence-electron chi connectivity index (χ4n) is 3.78. The van der Waals surface area contributed by atoms with Crippen LogP contribution in [-0.4, -0.2) is 14.5 Å². The molecular weight excluding hydrogens is 454 g/mol. The second-order valence-corrected chi connectivity index (χ2v) is 8.06. The molecule has 5 rings (SSSR count). The van der Waals surface area contributed by atoms with Gasteiger partial charge in [0.05, 0.1) is 21.7 Å². The lowest BCUT2D eigenvalue weighted by molar-refractivity contribution is -0.384. The fraction of sp³-hybridized carbons (Fsp3) is 0. The van der Waals surface area contributed by atoms with E-state index in [9.17, 15) is 10.1 Å². The Balaban J connectivity index is 1.59. The summed E-state index contributed by atoms with van der Waals surface area (Å²) in [5.74, 6) is 0. The van der Waals surface area contributed by atoms with Gasteiger partial charge in [0.25, 0.3) is 5.69 Å². The Labute approximate surface area is 186 Å². The lowest BCUT2D eigenvalue weighted by Gasteiger charge is -2.09. The van der Waals surface area contributed by atoms with Crippen LogP contribution in [0.1, 0.15) is 0 Å². The first-order chi connectivity index (χ1) is 15.1. The van der Waals surface area contributed by atoms with E-state index in [2.05, 4.69) is 37.6 Å². The highest BCUT2D eigenvalue weighted by Gasteiger charge is 2.16. The molecular formula is C25H16BrN3O2. The number of pyridine rings is 1. The van der Waals surface area contributed by atoms with E-state index < -0.39 is 0 Å². The lowest BCUT2D eigenvalue weighted by Crippen LogP contribution is -1.94. The summed E-state index contributed by atoms with van der Waals surface area (Å²) in [7, 11) is 0. The first-order valence-electron chi connectivity index (χ1n) is 9.67. The molecule has 0 amide bonds. The molecule has 0 radical (unpaired) electrons. The SMILES string of the molecule is O=[N+]([O-])c1ccc(Br)cc1-c1ccc2c(ccn2-c2cccc(-c3ccccn3)c2)c1. The van der Waals surface area contributed by atoms with Gasteiger partial charge in [-0.2, -0.15) is 0 Å². The largest absolute Gasteiger partial charge is 0.317 e. The van der Waals surface area contributed by atoms with Gasteiger partial charge in [-0.3, -0.25) is 15.1 Å². The second kappa shape index (κ2) is 7.81. The van der Waals surface area contributed by atoms with E-state index in [4.69, 9.17) is 0 Å². The molecule has 0 fully saturated rings. The standard InChI is InChI=1S/C25H16BrN3O2/c26-20-8-10-25(29(30)31)22(16-20)17-7-9-24-19(14-17)11-13-28(24)21-5-3-4-18(15-21)23-6-1-2-12-27-23/h1-16H. The van der Waals surface area contributed by atoms with Gasteiger partial charge in [0.2, 0.25) is 0 Å². The predicted octanol–water partition coefficient (Wildman–Crippen LogP) is 7.03. The van der Waals surface area contributed by atoms with Crippen LogP contribution in [-0.2, 0) is 0 Å². The Morgan fingerprint density at radius 2 is 1.77 bits per heavy atom. The third-order valence-electron chi connectivity index (χ3n) is 5.24. The van der Waals surface area contributed by atoms with Crippen LogP contribution in [0, 0.1) is 10.1 Å². The van der Waals surface area contributed by atoms with Crippen molar-refractivity contribution in [1.82, 2.24) is 9.55 Å². The number of nitro groups is 1. The molecule has 5 aromatic rings. The Hall–Kier alpha value is -3.77. The molecule has 0 atom stereocenters. The van der Waals surface area contributed by atoms with E-state index in [0.29, 0.717) is 5.56 Å². The van der Waals surface area contributed by atoms with Crippen LogP contribution in [0.4, 0.5) is 5.69 Å². The molecule has 2 aromatic heterocycles. The Kier molecular flexibility index (Phi) is 4.84. The van der Waals surface area contributed by atoms with Gasteiger partial charge >= 0.3 is 0 Å². The minimum absolute atomic E-state index is 0.0880. The summed E-state index contributed by atoms with van der Waals surface area (Å²) in [6, 6.07) is 27.0. The molecule has 0 saturated heterocycles. The maximum atomic E-state index is 11.5. The van der Waals surface area contributed by atoms with Crippen molar-refractivity contribution in [3.63, 3.8) is 0 Å². The monoisotopic (exact) mass is 469 g/mol. The van der Waals surface area contributed by atoms with Gasteiger partial charge in [-0.15, -0.1) is 0 Å². The zero-order chi connectivity index (χ0) is 21.4. The molecule has 3 aromatic carbocycles. The molecule has 31 heavy (non-hydrogen) atoms. The molecule has 0 aliphatic heterocycles. The highest BCUT2D eigenvalue weighted by atomic mass is 79.9. The van der Waals surface area contributed by atoms with Gasteiger partial charge in [0.15, 0.2) is 0 Å². The minimum Gasteiger partial charge on any atom is -0.317 e. The van der Waals surface area contributed by atoms with Crippen molar-refractivity contribution in [1.29, 1.82) is 0 Å². The van der Waals surface area contributed by atoms with Gasteiger partial charge in [0.1, 0.15) is 0 Å². The van der Waals surface area contributed by atoms with Crippen molar-refractivity contribution < 1.29 is 4.92 Å². The third kappa shape index (κ3) is 3.62. The molecule has 6 heteroatoms. The molecule has 5 nitrogen and oxygen atoms in total. The molecule has 0 saturated carbocycles. The van der Waals surface area contributed by atoms with Gasteiger partial charge in [-0.05, 0) is 60.2 Å². The number of benzene rings is 3. The summed E-state index contributed by atoms with van der Waals surface area (Å²) < 4.78 is 2.91. The summed E-state index contributed by atoms with van der Waals surface area (Å²) >= 11 is 3.42. The van der Waals surface area contributed by atoms with Crippen LogP contribution < -0.4 is 0 Å². The van der Waals surface area contributed by atoms with Gasteiger partial charge < -0.3 is 4.57 Å². The number of fused-ring (bicyclic) bond motifs is 1. The molecule has 0 N–H and O–H groups in total. The molecule has 0 spiro atoms. The van der Waals surface area contributed by atoms with E-state index >= 15 is 0 Å². The number of nitrogens with zero attached hydrogens (tertiary/aromatic N) is 3. The summed E-state index contributed by atoms with van der Waals surface area (Å²) in [5.41, 5.74) is 5.50. The average Bonchev–Trinajstić information content (AvgIpc) is 3.23. The number of aromatic nitrogens is 2. The number of nitro benzene ring substituents is 1. The quantitative estimate of drug-likeness (QED) is 0.209.